The molecule has 0 aliphatic carbocycles. The summed E-state index contributed by atoms with van der Waals surface area (Å²) >= 11 is 2.53. The van der Waals surface area contributed by atoms with Crippen LogP contribution in [0.1, 0.15) is 43.6 Å². The molecule has 0 heterocycles. The number of hydrogen-bond acceptors (Lipinski definition) is 6. The van der Waals surface area contributed by atoms with Crippen LogP contribution in [-0.2, 0) is 15.3 Å². The van der Waals surface area contributed by atoms with Crippen molar-refractivity contribution in [2.45, 2.75) is 45.0 Å². The van der Waals surface area contributed by atoms with Crippen LogP contribution in [-0.4, -0.2) is 52.2 Å². The SMILES string of the molecule is C[C@H](CSC(=O)c1ccccc1)C(=O)N[C@@H](CSCc1ccc(N(C)C(C)(C)C)cc1)C(=O)O. The molecule has 2 N–H and O–H groups in total. The Balaban J connectivity index is 1.81. The molecule has 6 nitrogen and oxygen atoms in total. The molecule has 1 amide bonds. The molecule has 2 atom stereocenters. The molecule has 0 bridgehead atoms. The lowest BCUT2D eigenvalue weighted by Gasteiger charge is -2.34. The fourth-order valence-corrected chi connectivity index (χ4v) is 4.78. The van der Waals surface area contributed by atoms with Gasteiger partial charge in [0.2, 0.25) is 11.0 Å². The molecule has 2 aromatic rings. The monoisotopic (exact) mass is 502 g/mol. The van der Waals surface area contributed by atoms with Crippen molar-refractivity contribution in [2.75, 3.05) is 23.5 Å². The molecule has 0 spiro atoms. The Labute approximate surface area is 210 Å². The third kappa shape index (κ3) is 8.72. The zero-order valence-corrected chi connectivity index (χ0v) is 22.0. The molecular weight excluding hydrogens is 468 g/mol. The summed E-state index contributed by atoms with van der Waals surface area (Å²) in [5, 5.41) is 12.1. The van der Waals surface area contributed by atoms with Gasteiger partial charge < -0.3 is 15.3 Å². The summed E-state index contributed by atoms with van der Waals surface area (Å²) in [6.45, 7) is 8.15. The minimum Gasteiger partial charge on any atom is -0.480 e. The number of nitrogens with one attached hydrogen (secondary N) is 1. The van der Waals surface area contributed by atoms with Crippen LogP contribution in [0.2, 0.25) is 0 Å². The molecule has 0 aromatic heterocycles. The average molecular weight is 503 g/mol. The van der Waals surface area contributed by atoms with Gasteiger partial charge >= 0.3 is 5.97 Å². The molecule has 0 fully saturated rings. The number of thioether (sulfide) groups is 2. The van der Waals surface area contributed by atoms with E-state index in [0.717, 1.165) is 23.0 Å². The van der Waals surface area contributed by atoms with E-state index in [2.05, 4.69) is 50.2 Å². The van der Waals surface area contributed by atoms with Gasteiger partial charge in [-0.3, -0.25) is 9.59 Å². The van der Waals surface area contributed by atoms with Crippen molar-refractivity contribution in [2.24, 2.45) is 5.92 Å². The summed E-state index contributed by atoms with van der Waals surface area (Å²) in [5.74, 6) is -0.728. The zero-order chi connectivity index (χ0) is 25.3. The Morgan fingerprint density at radius 2 is 1.62 bits per heavy atom. The molecule has 0 aliphatic heterocycles. The van der Waals surface area contributed by atoms with Crippen LogP contribution in [0.3, 0.4) is 0 Å². The van der Waals surface area contributed by atoms with Gasteiger partial charge in [0.1, 0.15) is 6.04 Å². The van der Waals surface area contributed by atoms with Crippen LogP contribution in [0.15, 0.2) is 54.6 Å². The largest absolute Gasteiger partial charge is 0.480 e. The molecule has 184 valence electrons. The van der Waals surface area contributed by atoms with E-state index in [1.807, 2.05) is 18.2 Å². The lowest BCUT2D eigenvalue weighted by molar-refractivity contribution is -0.141. The Hall–Kier alpha value is -2.45. The van der Waals surface area contributed by atoms with Gasteiger partial charge in [-0.15, -0.1) is 0 Å². The molecule has 2 aromatic carbocycles. The maximum Gasteiger partial charge on any atom is 0.327 e. The first kappa shape index (κ1) is 27.8. The number of amides is 1. The maximum absolute atomic E-state index is 12.5. The highest BCUT2D eigenvalue weighted by molar-refractivity contribution is 8.14. The van der Waals surface area contributed by atoms with Crippen molar-refractivity contribution in [3.63, 3.8) is 0 Å². The second-order valence-corrected chi connectivity index (χ2v) is 11.2. The summed E-state index contributed by atoms with van der Waals surface area (Å²) in [7, 11) is 2.06. The number of hydrogen-bond donors (Lipinski definition) is 2. The first-order chi connectivity index (χ1) is 16.0. The Morgan fingerprint density at radius 1 is 1.00 bits per heavy atom. The topological polar surface area (TPSA) is 86.7 Å². The summed E-state index contributed by atoms with van der Waals surface area (Å²) in [6, 6.07) is 16.1. The van der Waals surface area contributed by atoms with E-state index in [1.54, 1.807) is 31.2 Å². The van der Waals surface area contributed by atoms with E-state index in [4.69, 9.17) is 0 Å². The van der Waals surface area contributed by atoms with Gasteiger partial charge in [-0.2, -0.15) is 11.8 Å². The van der Waals surface area contributed by atoms with Crippen molar-refractivity contribution in [1.29, 1.82) is 0 Å². The van der Waals surface area contributed by atoms with Crippen LogP contribution < -0.4 is 10.2 Å². The summed E-state index contributed by atoms with van der Waals surface area (Å²) in [6.07, 6.45) is 0. The van der Waals surface area contributed by atoms with Gasteiger partial charge in [-0.25, -0.2) is 4.79 Å². The molecule has 34 heavy (non-hydrogen) atoms. The molecule has 0 radical (unpaired) electrons. The highest BCUT2D eigenvalue weighted by Crippen LogP contribution is 2.23. The van der Waals surface area contributed by atoms with Crippen LogP contribution >= 0.6 is 23.5 Å². The minimum absolute atomic E-state index is 0.0215. The lowest BCUT2D eigenvalue weighted by Crippen LogP contribution is -2.45. The molecular formula is C26H34N2O4S2. The Morgan fingerprint density at radius 3 is 2.18 bits per heavy atom. The van der Waals surface area contributed by atoms with E-state index in [-0.39, 0.29) is 28.1 Å². The van der Waals surface area contributed by atoms with E-state index in [9.17, 15) is 19.5 Å². The van der Waals surface area contributed by atoms with Gasteiger partial charge in [0.05, 0.1) is 0 Å². The van der Waals surface area contributed by atoms with Crippen LogP contribution in [0.25, 0.3) is 0 Å². The number of benzene rings is 2. The predicted molar refractivity (Wildman–Crippen MR) is 143 cm³/mol. The van der Waals surface area contributed by atoms with Gasteiger partial charge in [-0.1, -0.05) is 61.2 Å². The Bertz CT molecular complexity index is 959. The second-order valence-electron chi connectivity index (χ2n) is 9.18. The van der Waals surface area contributed by atoms with E-state index < -0.39 is 17.9 Å². The third-order valence-electron chi connectivity index (χ3n) is 5.42. The van der Waals surface area contributed by atoms with Gasteiger partial charge in [0, 0.05) is 47.0 Å². The summed E-state index contributed by atoms with van der Waals surface area (Å²) < 4.78 is 0. The van der Waals surface area contributed by atoms with Gasteiger partial charge in [-0.05, 0) is 38.5 Å². The predicted octanol–water partition coefficient (Wildman–Crippen LogP) is 4.93. The van der Waals surface area contributed by atoms with Gasteiger partial charge in [0.25, 0.3) is 0 Å². The highest BCUT2D eigenvalue weighted by Gasteiger charge is 2.24. The molecule has 0 saturated heterocycles. The summed E-state index contributed by atoms with van der Waals surface area (Å²) in [5.41, 5.74) is 2.82. The van der Waals surface area contributed by atoms with E-state index in [1.165, 1.54) is 11.8 Å². The fourth-order valence-electron chi connectivity index (χ4n) is 2.92. The standard InChI is InChI=1S/C26H34N2O4S2/c1-18(15-34-25(32)20-9-7-6-8-10-20)23(29)27-22(24(30)31)17-33-16-19-11-13-21(14-12-19)28(5)26(2,3)4/h6-14,18,22H,15-17H2,1-5H3,(H,27,29)(H,30,31)/t18-,22+/m1/s1. The number of nitrogens with zero attached hydrogens (tertiary/aromatic N) is 1. The Kier molecular flexibility index (Phi) is 10.5. The average Bonchev–Trinajstić information content (AvgIpc) is 2.81. The first-order valence-corrected chi connectivity index (χ1v) is 13.3. The number of rotatable bonds is 11. The van der Waals surface area contributed by atoms with E-state index in [0.29, 0.717) is 11.3 Å². The maximum atomic E-state index is 12.5. The lowest BCUT2D eigenvalue weighted by atomic mass is 10.1. The van der Waals surface area contributed by atoms with Crippen LogP contribution in [0, 0.1) is 5.92 Å². The smallest absolute Gasteiger partial charge is 0.327 e. The minimum atomic E-state index is -1.07. The van der Waals surface area contributed by atoms with Crippen LogP contribution in [0.5, 0.6) is 0 Å². The van der Waals surface area contributed by atoms with Gasteiger partial charge in [0.15, 0.2) is 0 Å². The number of carbonyl (C=O) groups excluding carboxylic acids is 2. The molecule has 2 rings (SSSR count). The quantitative estimate of drug-likeness (QED) is 0.450. The van der Waals surface area contributed by atoms with Crippen molar-refractivity contribution in [3.05, 3.63) is 65.7 Å². The number of carbonyl (C=O) groups is 3. The van der Waals surface area contributed by atoms with Crippen LogP contribution in [0.4, 0.5) is 5.69 Å². The van der Waals surface area contributed by atoms with E-state index >= 15 is 0 Å². The summed E-state index contributed by atoms with van der Waals surface area (Å²) in [4.78, 5) is 38.6. The first-order valence-electron chi connectivity index (χ1n) is 11.1. The molecule has 0 aliphatic rings. The third-order valence-corrected chi connectivity index (χ3v) is 7.69. The number of anilines is 1. The van der Waals surface area contributed by atoms with Crippen molar-refractivity contribution in [3.8, 4) is 0 Å². The zero-order valence-electron chi connectivity index (χ0n) is 20.4. The normalized spacial score (nSPS) is 13.1. The van der Waals surface area contributed by atoms with Crippen molar-refractivity contribution in [1.82, 2.24) is 5.32 Å². The second kappa shape index (κ2) is 12.9. The molecule has 0 unspecified atom stereocenters. The number of aliphatic carboxylic acids is 1. The van der Waals surface area contributed by atoms with Crippen molar-refractivity contribution < 1.29 is 19.5 Å². The van der Waals surface area contributed by atoms with Crippen molar-refractivity contribution >= 4 is 46.2 Å². The highest BCUT2D eigenvalue weighted by atomic mass is 32.2. The molecule has 0 saturated carbocycles. The fraction of sp³-hybridized carbons (Fsp3) is 0.423. The number of carboxylic acid groups (broad SMARTS) is 1. The number of carboxylic acids is 1. The molecule has 8 heteroatoms.